The fraction of sp³-hybridized carbons (Fsp3) is 0.107. The molecule has 8 rings (SSSR count). The van der Waals surface area contributed by atoms with E-state index in [1.807, 2.05) is 43.3 Å². The van der Waals surface area contributed by atoms with Crippen molar-refractivity contribution < 1.29 is 0 Å². The lowest BCUT2D eigenvalue weighted by Gasteiger charge is -2.28. The molecule has 8 aromatic carbocycles. The highest BCUT2D eigenvalue weighted by molar-refractivity contribution is 5.96. The summed E-state index contributed by atoms with van der Waals surface area (Å²) in [5.74, 6) is 0. The van der Waals surface area contributed by atoms with Crippen LogP contribution < -0.4 is 9.80 Å². The van der Waals surface area contributed by atoms with Gasteiger partial charge in [0.15, 0.2) is 0 Å². The van der Waals surface area contributed by atoms with E-state index in [4.69, 9.17) is 0 Å². The van der Waals surface area contributed by atoms with Gasteiger partial charge in [0.1, 0.15) is 0 Å². The minimum absolute atomic E-state index is 0.573. The molecule has 0 N–H and O–H groups in total. The molecule has 0 unspecified atom stereocenters. The molecule has 4 heteroatoms. The lowest BCUT2D eigenvalue weighted by Crippen LogP contribution is -2.11. The number of nitrogens with zero attached hydrogens (tertiary/aromatic N) is 4. The van der Waals surface area contributed by atoms with Crippen LogP contribution in [0.3, 0.4) is 0 Å². The zero-order chi connectivity index (χ0) is 41.9. The maximum Gasteiger partial charge on any atom is 0.0991 e. The van der Waals surface area contributed by atoms with E-state index in [1.54, 1.807) is 0 Å². The van der Waals surface area contributed by atoms with Crippen molar-refractivity contribution in [1.82, 2.24) is 0 Å². The smallest absolute Gasteiger partial charge is 0.0991 e. The summed E-state index contributed by atoms with van der Waals surface area (Å²) in [5.41, 5.74) is 20.5. The Kier molecular flexibility index (Phi) is 10.9. The summed E-state index contributed by atoms with van der Waals surface area (Å²) < 4.78 is 0. The molecule has 0 saturated carbocycles. The van der Waals surface area contributed by atoms with Crippen LogP contribution >= 0.6 is 0 Å². The van der Waals surface area contributed by atoms with Crippen LogP contribution in [0.15, 0.2) is 170 Å². The van der Waals surface area contributed by atoms with Gasteiger partial charge in [0.05, 0.1) is 23.3 Å². The molecule has 4 nitrogen and oxygen atoms in total. The van der Waals surface area contributed by atoms with Crippen LogP contribution in [0.1, 0.15) is 44.5 Å². The first kappa shape index (κ1) is 39.2. The maximum atomic E-state index is 10.3. The Morgan fingerprint density at radius 1 is 0.283 bits per heavy atom. The second-order valence-corrected chi connectivity index (χ2v) is 15.8. The molecule has 0 aliphatic carbocycles. The first-order chi connectivity index (χ1) is 29.1. The van der Waals surface area contributed by atoms with Crippen molar-refractivity contribution in [1.29, 1.82) is 10.5 Å². The molecule has 0 amide bonds. The number of benzene rings is 8. The fourth-order valence-corrected chi connectivity index (χ4v) is 7.99. The van der Waals surface area contributed by atoms with Gasteiger partial charge in [-0.1, -0.05) is 95.1 Å². The van der Waals surface area contributed by atoms with Crippen molar-refractivity contribution in [2.45, 2.75) is 41.5 Å². The monoisotopic (exact) mass is 774 g/mol. The van der Waals surface area contributed by atoms with Crippen LogP contribution in [0, 0.1) is 64.2 Å². The third-order valence-corrected chi connectivity index (χ3v) is 11.3. The van der Waals surface area contributed by atoms with Crippen molar-refractivity contribution in [2.75, 3.05) is 9.80 Å². The molecule has 0 heterocycles. The van der Waals surface area contributed by atoms with Gasteiger partial charge in [-0.2, -0.15) is 10.5 Å². The molecule has 60 heavy (non-hydrogen) atoms. The number of anilines is 6. The second kappa shape index (κ2) is 16.7. The van der Waals surface area contributed by atoms with Gasteiger partial charge in [0.25, 0.3) is 0 Å². The van der Waals surface area contributed by atoms with Gasteiger partial charge in [0.2, 0.25) is 0 Å². The molecule has 0 spiro atoms. The molecule has 0 radical (unpaired) electrons. The first-order valence-corrected chi connectivity index (χ1v) is 20.3. The van der Waals surface area contributed by atoms with E-state index in [0.717, 1.165) is 78.6 Å². The SMILES string of the molecule is Cc1ccc(N(c2ccc(C)cc2)c2ccc(-c3ccc(N(c4ccc(C)cc4)c4ccc(C)cc4)cc3-c3cc(C#N)ccc3-c3ccc(C#N)cc3C)c(C)c2)cc1. The molecular weight excluding hydrogens is 729 g/mol. The lowest BCUT2D eigenvalue weighted by molar-refractivity contribution is 1.26. The van der Waals surface area contributed by atoms with Gasteiger partial charge in [-0.3, -0.25) is 0 Å². The van der Waals surface area contributed by atoms with Crippen LogP contribution in [0.4, 0.5) is 34.1 Å². The van der Waals surface area contributed by atoms with Gasteiger partial charge in [0, 0.05) is 34.1 Å². The van der Waals surface area contributed by atoms with Gasteiger partial charge < -0.3 is 9.80 Å². The van der Waals surface area contributed by atoms with Crippen LogP contribution in [-0.2, 0) is 0 Å². The Hall–Kier alpha value is -7.66. The van der Waals surface area contributed by atoms with Crippen LogP contribution in [0.25, 0.3) is 33.4 Å². The van der Waals surface area contributed by atoms with Gasteiger partial charge >= 0.3 is 0 Å². The Morgan fingerprint density at radius 3 is 0.967 bits per heavy atom. The van der Waals surface area contributed by atoms with E-state index < -0.39 is 0 Å². The summed E-state index contributed by atoms with van der Waals surface area (Å²) in [4.78, 5) is 4.60. The highest BCUT2D eigenvalue weighted by Gasteiger charge is 2.22. The largest absolute Gasteiger partial charge is 0.310 e. The Bertz CT molecular complexity index is 2840. The zero-order valence-corrected chi connectivity index (χ0v) is 35.0. The van der Waals surface area contributed by atoms with Crippen molar-refractivity contribution in [3.63, 3.8) is 0 Å². The normalized spacial score (nSPS) is 10.8. The van der Waals surface area contributed by atoms with Crippen molar-refractivity contribution >= 4 is 34.1 Å². The van der Waals surface area contributed by atoms with Crippen LogP contribution in [0.2, 0.25) is 0 Å². The molecule has 0 bridgehead atoms. The van der Waals surface area contributed by atoms with Crippen LogP contribution in [-0.4, -0.2) is 0 Å². The molecular formula is C56H46N4. The lowest BCUT2D eigenvalue weighted by atomic mass is 9.85. The number of rotatable bonds is 9. The Balaban J connectivity index is 1.37. The van der Waals surface area contributed by atoms with E-state index >= 15 is 0 Å². The third-order valence-electron chi connectivity index (χ3n) is 11.3. The van der Waals surface area contributed by atoms with E-state index in [2.05, 4.69) is 190 Å². The predicted octanol–water partition coefficient (Wildman–Crippen LogP) is 15.2. The first-order valence-electron chi connectivity index (χ1n) is 20.3. The summed E-state index contributed by atoms with van der Waals surface area (Å²) in [5, 5.41) is 20.0. The Labute approximate surface area is 354 Å². The summed E-state index contributed by atoms with van der Waals surface area (Å²) in [7, 11) is 0. The molecule has 0 aliphatic heterocycles. The average Bonchev–Trinajstić information content (AvgIpc) is 3.26. The van der Waals surface area contributed by atoms with Crippen molar-refractivity contribution in [3.8, 4) is 45.5 Å². The predicted molar refractivity (Wildman–Crippen MR) is 250 cm³/mol. The highest BCUT2D eigenvalue weighted by Crippen LogP contribution is 2.46. The summed E-state index contributed by atoms with van der Waals surface area (Å²) in [6, 6.07) is 64.5. The topological polar surface area (TPSA) is 54.1 Å². The second-order valence-electron chi connectivity index (χ2n) is 15.8. The number of hydrogen-bond donors (Lipinski definition) is 0. The number of aryl methyl sites for hydroxylation is 6. The molecule has 0 fully saturated rings. The van der Waals surface area contributed by atoms with Gasteiger partial charge in [-0.15, -0.1) is 0 Å². The minimum atomic E-state index is 0.573. The zero-order valence-electron chi connectivity index (χ0n) is 35.0. The molecule has 8 aromatic rings. The number of nitriles is 2. The van der Waals surface area contributed by atoms with Gasteiger partial charge in [-0.25, -0.2) is 0 Å². The quantitative estimate of drug-likeness (QED) is 0.147. The van der Waals surface area contributed by atoms with E-state index in [9.17, 15) is 10.5 Å². The molecule has 0 aromatic heterocycles. The van der Waals surface area contributed by atoms with E-state index in [-0.39, 0.29) is 0 Å². The van der Waals surface area contributed by atoms with Crippen molar-refractivity contribution in [3.05, 3.63) is 214 Å². The molecule has 0 aliphatic rings. The summed E-state index contributed by atoms with van der Waals surface area (Å²) >= 11 is 0. The highest BCUT2D eigenvalue weighted by atomic mass is 15.1. The van der Waals surface area contributed by atoms with E-state index in [1.165, 1.54) is 22.3 Å². The molecule has 0 atom stereocenters. The minimum Gasteiger partial charge on any atom is -0.310 e. The molecule has 0 saturated heterocycles. The van der Waals surface area contributed by atoms with Gasteiger partial charge in [-0.05, 0) is 183 Å². The Morgan fingerprint density at radius 2 is 0.583 bits per heavy atom. The number of hydrogen-bond acceptors (Lipinski definition) is 4. The van der Waals surface area contributed by atoms with Crippen LogP contribution in [0.5, 0.6) is 0 Å². The van der Waals surface area contributed by atoms with E-state index in [0.29, 0.717) is 11.1 Å². The third kappa shape index (κ3) is 7.93. The van der Waals surface area contributed by atoms with Crippen molar-refractivity contribution in [2.24, 2.45) is 0 Å². The molecule has 290 valence electrons. The fourth-order valence-electron chi connectivity index (χ4n) is 7.99. The summed E-state index contributed by atoms with van der Waals surface area (Å²) in [6.45, 7) is 12.7. The summed E-state index contributed by atoms with van der Waals surface area (Å²) in [6.07, 6.45) is 0. The maximum absolute atomic E-state index is 10.3. The standard InChI is InChI=1S/C56H46N4/c1-37-7-17-45(18-8-37)59(46-19-9-38(2)10-20-46)49-25-29-52(42(6)32-49)54-30-26-50(60(47-21-11-39(3)12-22-47)48-23-13-40(4)14-24-48)34-56(54)55-33-44(36-58)16-28-53(55)51-27-15-43(35-57)31-41(51)5/h7-34H,1-6H3. The average molecular weight is 775 g/mol.